The smallest absolute Gasteiger partial charge is 0.117 e. The summed E-state index contributed by atoms with van der Waals surface area (Å²) in [5, 5.41) is 14.1. The zero-order valence-corrected chi connectivity index (χ0v) is 18.5. The number of benzene rings is 3. The van der Waals surface area contributed by atoms with Crippen molar-refractivity contribution in [2.75, 3.05) is 0 Å². The molecule has 5 heteroatoms. The molecule has 3 aromatic carbocycles. The van der Waals surface area contributed by atoms with Gasteiger partial charge in [-0.05, 0) is 23.6 Å². The summed E-state index contributed by atoms with van der Waals surface area (Å²) in [6, 6.07) is 28.9. The molecule has 4 aromatic rings. The zero-order valence-electron chi connectivity index (χ0n) is 17.7. The fourth-order valence-electron chi connectivity index (χ4n) is 3.75. The van der Waals surface area contributed by atoms with E-state index in [4.69, 9.17) is 21.8 Å². The fourth-order valence-corrected chi connectivity index (χ4v) is 3.95. The summed E-state index contributed by atoms with van der Waals surface area (Å²) in [6.45, 7) is 3.40. The number of hydrogen-bond donors (Lipinski definition) is 1. The lowest BCUT2D eigenvalue weighted by molar-refractivity contribution is 0.485. The molecule has 0 bridgehead atoms. The maximum atomic E-state index is 6.36. The van der Waals surface area contributed by atoms with E-state index in [1.165, 1.54) is 5.56 Å². The molecule has 0 amide bonds. The van der Waals surface area contributed by atoms with E-state index in [1.807, 2.05) is 42.5 Å². The monoisotopic (exact) mass is 430 g/mol. The van der Waals surface area contributed by atoms with Gasteiger partial charge in [0.25, 0.3) is 0 Å². The molecule has 0 unspecified atom stereocenters. The number of rotatable bonds is 9. The van der Waals surface area contributed by atoms with Crippen LogP contribution in [0.3, 0.4) is 0 Å². The van der Waals surface area contributed by atoms with Crippen molar-refractivity contribution >= 4 is 11.6 Å². The van der Waals surface area contributed by atoms with Gasteiger partial charge in [0.05, 0.1) is 6.54 Å². The Balaban J connectivity index is 1.60. The molecule has 0 radical (unpaired) electrons. The van der Waals surface area contributed by atoms with Gasteiger partial charge in [-0.1, -0.05) is 104 Å². The highest BCUT2D eigenvalue weighted by molar-refractivity contribution is 6.31. The molecule has 0 fully saturated rings. The largest absolute Gasteiger partial charge is 0.304 e. The van der Waals surface area contributed by atoms with Crippen molar-refractivity contribution in [2.45, 2.75) is 38.9 Å². The molecule has 158 valence electrons. The van der Waals surface area contributed by atoms with E-state index in [-0.39, 0.29) is 6.04 Å². The Kier molecular flexibility index (Phi) is 7.13. The maximum Gasteiger partial charge on any atom is 0.117 e. The van der Waals surface area contributed by atoms with Crippen LogP contribution in [0.4, 0.5) is 0 Å². The molecule has 1 atom stereocenters. The van der Waals surface area contributed by atoms with Gasteiger partial charge in [-0.3, -0.25) is 0 Å². The van der Waals surface area contributed by atoms with E-state index in [1.54, 1.807) is 4.80 Å². The topological polar surface area (TPSA) is 42.7 Å². The number of aromatic nitrogens is 3. The number of nitrogens with one attached hydrogen (secondary N) is 1. The lowest BCUT2D eigenvalue weighted by Gasteiger charge is -2.18. The van der Waals surface area contributed by atoms with Crippen molar-refractivity contribution in [1.29, 1.82) is 0 Å². The van der Waals surface area contributed by atoms with E-state index < -0.39 is 0 Å². The highest BCUT2D eigenvalue weighted by atomic mass is 35.5. The summed E-state index contributed by atoms with van der Waals surface area (Å²) < 4.78 is 0. The molecule has 1 aromatic heterocycles. The van der Waals surface area contributed by atoms with Gasteiger partial charge in [0.1, 0.15) is 11.4 Å². The quantitative estimate of drug-likeness (QED) is 0.340. The fraction of sp³-hybridized carbons (Fsp3) is 0.231. The minimum Gasteiger partial charge on any atom is -0.304 e. The molecule has 1 heterocycles. The molecule has 0 saturated heterocycles. The maximum absolute atomic E-state index is 6.36. The third kappa shape index (κ3) is 5.40. The van der Waals surface area contributed by atoms with Crippen molar-refractivity contribution < 1.29 is 0 Å². The predicted octanol–water partition coefficient (Wildman–Crippen LogP) is 6.28. The summed E-state index contributed by atoms with van der Waals surface area (Å²) in [5.41, 5.74) is 5.22. The van der Waals surface area contributed by atoms with Crippen LogP contribution in [0.1, 0.15) is 42.6 Å². The van der Waals surface area contributed by atoms with Crippen LogP contribution in [0.15, 0.2) is 84.9 Å². The molecular formula is C26H27ClN4. The second-order valence-corrected chi connectivity index (χ2v) is 8.02. The first-order valence-corrected chi connectivity index (χ1v) is 11.1. The van der Waals surface area contributed by atoms with Gasteiger partial charge >= 0.3 is 0 Å². The molecule has 1 N–H and O–H groups in total. The summed E-state index contributed by atoms with van der Waals surface area (Å²) in [7, 11) is 0. The van der Waals surface area contributed by atoms with E-state index in [2.05, 4.69) is 54.7 Å². The second-order valence-electron chi connectivity index (χ2n) is 7.62. The van der Waals surface area contributed by atoms with Crippen LogP contribution >= 0.6 is 11.6 Å². The third-order valence-electron chi connectivity index (χ3n) is 5.34. The third-order valence-corrected chi connectivity index (χ3v) is 5.71. The van der Waals surface area contributed by atoms with Crippen molar-refractivity contribution in [2.24, 2.45) is 0 Å². The lowest BCUT2D eigenvalue weighted by Crippen LogP contribution is -2.21. The van der Waals surface area contributed by atoms with Crippen LogP contribution in [-0.4, -0.2) is 15.0 Å². The summed E-state index contributed by atoms with van der Waals surface area (Å²) in [5.74, 6) is 0. The zero-order chi connectivity index (χ0) is 21.5. The Bertz CT molecular complexity index is 1090. The Morgan fingerprint density at radius 2 is 1.55 bits per heavy atom. The summed E-state index contributed by atoms with van der Waals surface area (Å²) in [6.07, 6.45) is 2.18. The molecular weight excluding hydrogens is 404 g/mol. The first-order valence-electron chi connectivity index (χ1n) is 10.8. The number of hydrogen-bond acceptors (Lipinski definition) is 3. The summed E-state index contributed by atoms with van der Waals surface area (Å²) >= 11 is 6.36. The molecule has 0 aliphatic rings. The van der Waals surface area contributed by atoms with Crippen LogP contribution in [-0.2, 0) is 13.1 Å². The molecule has 4 nitrogen and oxygen atoms in total. The van der Waals surface area contributed by atoms with E-state index in [0.29, 0.717) is 13.1 Å². The molecule has 0 saturated carbocycles. The van der Waals surface area contributed by atoms with Gasteiger partial charge in [-0.25, -0.2) is 0 Å². The van der Waals surface area contributed by atoms with Crippen LogP contribution in [0.5, 0.6) is 0 Å². The number of halogens is 1. The van der Waals surface area contributed by atoms with Crippen molar-refractivity contribution in [3.05, 3.63) is 107 Å². The normalized spacial score (nSPS) is 12.1. The molecule has 0 aliphatic heterocycles. The van der Waals surface area contributed by atoms with Gasteiger partial charge < -0.3 is 5.32 Å². The second kappa shape index (κ2) is 10.4. The average Bonchev–Trinajstić information content (AvgIpc) is 3.22. The standard InChI is InChI=1S/C26H27ClN4/c1-2-11-24(20-12-5-3-6-13-20)28-18-25-26(21-14-7-4-8-15-21)30-31(29-25)19-22-16-9-10-17-23(22)27/h3-10,12-17,24,28H,2,11,18-19H2,1H3/t24-/m1/s1. The minimum absolute atomic E-state index is 0.281. The first-order chi connectivity index (χ1) is 15.2. The minimum atomic E-state index is 0.281. The van der Waals surface area contributed by atoms with Crippen LogP contribution < -0.4 is 5.32 Å². The Morgan fingerprint density at radius 1 is 0.871 bits per heavy atom. The highest BCUT2D eigenvalue weighted by Crippen LogP contribution is 2.24. The van der Waals surface area contributed by atoms with Crippen molar-refractivity contribution in [3.8, 4) is 11.3 Å². The van der Waals surface area contributed by atoms with Gasteiger partial charge in [0.15, 0.2) is 0 Å². The van der Waals surface area contributed by atoms with Crippen LogP contribution in [0, 0.1) is 0 Å². The van der Waals surface area contributed by atoms with Crippen molar-refractivity contribution in [1.82, 2.24) is 20.3 Å². The first kappa shape index (κ1) is 21.3. The Labute approximate surface area is 188 Å². The van der Waals surface area contributed by atoms with E-state index in [0.717, 1.165) is 40.4 Å². The summed E-state index contributed by atoms with van der Waals surface area (Å²) in [4.78, 5) is 1.75. The van der Waals surface area contributed by atoms with Crippen LogP contribution in [0.25, 0.3) is 11.3 Å². The lowest BCUT2D eigenvalue weighted by atomic mass is 10.0. The van der Waals surface area contributed by atoms with Gasteiger partial charge in [-0.15, -0.1) is 0 Å². The molecule has 0 aliphatic carbocycles. The predicted molar refractivity (Wildman–Crippen MR) is 127 cm³/mol. The van der Waals surface area contributed by atoms with Gasteiger partial charge in [-0.2, -0.15) is 15.0 Å². The van der Waals surface area contributed by atoms with Crippen LogP contribution in [0.2, 0.25) is 5.02 Å². The molecule has 4 rings (SSSR count). The highest BCUT2D eigenvalue weighted by Gasteiger charge is 2.16. The van der Waals surface area contributed by atoms with E-state index >= 15 is 0 Å². The van der Waals surface area contributed by atoms with Crippen molar-refractivity contribution in [3.63, 3.8) is 0 Å². The Hall–Kier alpha value is -2.95. The van der Waals surface area contributed by atoms with Gasteiger partial charge in [0, 0.05) is 23.2 Å². The Morgan fingerprint density at radius 3 is 2.26 bits per heavy atom. The average molecular weight is 431 g/mol. The SMILES string of the molecule is CCC[C@@H](NCc1nn(Cc2ccccc2Cl)nc1-c1ccccc1)c1ccccc1. The van der Waals surface area contributed by atoms with E-state index in [9.17, 15) is 0 Å². The molecule has 31 heavy (non-hydrogen) atoms. The van der Waals surface area contributed by atoms with Gasteiger partial charge in [0.2, 0.25) is 0 Å². The number of nitrogens with zero attached hydrogens (tertiary/aromatic N) is 3. The molecule has 0 spiro atoms.